The number of H-pyrrole nitrogens is 2. The summed E-state index contributed by atoms with van der Waals surface area (Å²) in [6, 6.07) is 0. The third-order valence-corrected chi connectivity index (χ3v) is 1.71. The van der Waals surface area contributed by atoms with Crippen molar-refractivity contribution in [1.29, 1.82) is 0 Å². The predicted octanol–water partition coefficient (Wildman–Crippen LogP) is -0.778. The number of aromatic hydroxyl groups is 1. The first-order valence-corrected chi connectivity index (χ1v) is 4.01. The SMILES string of the molecule is O=c1[nH]c(O)c(C=C2N=CC=N2)c(=O)[nH]1. The van der Waals surface area contributed by atoms with Crippen LogP contribution in [0.4, 0.5) is 0 Å². The Hall–Kier alpha value is -2.44. The van der Waals surface area contributed by atoms with Gasteiger partial charge in [0.1, 0.15) is 5.56 Å². The van der Waals surface area contributed by atoms with Crippen molar-refractivity contribution in [2.24, 2.45) is 9.98 Å². The van der Waals surface area contributed by atoms with Gasteiger partial charge in [0.05, 0.1) is 0 Å². The lowest BCUT2D eigenvalue weighted by Crippen LogP contribution is -2.23. The molecule has 2 heterocycles. The fourth-order valence-electron chi connectivity index (χ4n) is 1.07. The van der Waals surface area contributed by atoms with Crippen LogP contribution in [0.1, 0.15) is 5.56 Å². The molecule has 0 unspecified atom stereocenters. The van der Waals surface area contributed by atoms with Crippen LogP contribution in [0.15, 0.2) is 25.4 Å². The summed E-state index contributed by atoms with van der Waals surface area (Å²) in [6.45, 7) is 0. The highest BCUT2D eigenvalue weighted by Crippen LogP contribution is 2.12. The van der Waals surface area contributed by atoms with E-state index in [0.29, 0.717) is 0 Å². The minimum absolute atomic E-state index is 0.0826. The fourth-order valence-corrected chi connectivity index (χ4v) is 1.07. The molecule has 1 aromatic heterocycles. The number of hydrogen-bond donors (Lipinski definition) is 3. The molecular formula is C8H6N4O3. The van der Waals surface area contributed by atoms with E-state index in [1.165, 1.54) is 18.5 Å². The second-order valence-electron chi connectivity index (χ2n) is 2.73. The van der Waals surface area contributed by atoms with Gasteiger partial charge in [-0.15, -0.1) is 0 Å². The number of aromatic amines is 2. The molecule has 0 radical (unpaired) electrons. The van der Waals surface area contributed by atoms with Gasteiger partial charge in [-0.3, -0.25) is 14.8 Å². The van der Waals surface area contributed by atoms with E-state index in [4.69, 9.17) is 0 Å². The molecular weight excluding hydrogens is 200 g/mol. The molecule has 15 heavy (non-hydrogen) atoms. The smallest absolute Gasteiger partial charge is 0.328 e. The molecule has 0 amide bonds. The van der Waals surface area contributed by atoms with Crippen molar-refractivity contribution in [2.45, 2.75) is 0 Å². The van der Waals surface area contributed by atoms with Gasteiger partial charge in [-0.1, -0.05) is 0 Å². The summed E-state index contributed by atoms with van der Waals surface area (Å²) < 4.78 is 0. The van der Waals surface area contributed by atoms with E-state index < -0.39 is 17.1 Å². The average Bonchev–Trinajstić information content (AvgIpc) is 2.63. The Labute approximate surface area is 82.5 Å². The van der Waals surface area contributed by atoms with Crippen LogP contribution < -0.4 is 11.2 Å². The van der Waals surface area contributed by atoms with Gasteiger partial charge >= 0.3 is 5.69 Å². The Bertz CT molecular complexity index is 577. The van der Waals surface area contributed by atoms with E-state index in [1.54, 1.807) is 0 Å². The molecule has 0 saturated carbocycles. The number of hydrogen-bond acceptors (Lipinski definition) is 5. The van der Waals surface area contributed by atoms with E-state index in [0.717, 1.165) is 0 Å². The van der Waals surface area contributed by atoms with Crippen LogP contribution in [0.25, 0.3) is 6.08 Å². The van der Waals surface area contributed by atoms with Crippen molar-refractivity contribution in [2.75, 3.05) is 0 Å². The summed E-state index contributed by atoms with van der Waals surface area (Å²) in [5, 5.41) is 9.31. The maximum atomic E-state index is 11.3. The third-order valence-electron chi connectivity index (χ3n) is 1.71. The summed E-state index contributed by atoms with van der Waals surface area (Å²) in [5.41, 5.74) is -1.54. The quantitative estimate of drug-likeness (QED) is 0.560. The second-order valence-corrected chi connectivity index (χ2v) is 2.73. The predicted molar refractivity (Wildman–Crippen MR) is 54.3 cm³/mol. The first-order valence-electron chi connectivity index (χ1n) is 4.01. The van der Waals surface area contributed by atoms with E-state index >= 15 is 0 Å². The van der Waals surface area contributed by atoms with Crippen molar-refractivity contribution in [3.8, 4) is 5.88 Å². The Kier molecular flexibility index (Phi) is 2.05. The molecule has 7 heteroatoms. The highest BCUT2D eigenvalue weighted by molar-refractivity contribution is 6.18. The number of aromatic nitrogens is 2. The van der Waals surface area contributed by atoms with E-state index in [2.05, 4.69) is 9.98 Å². The molecule has 2 rings (SSSR count). The Morgan fingerprint density at radius 2 is 1.87 bits per heavy atom. The van der Waals surface area contributed by atoms with Gasteiger partial charge in [0.25, 0.3) is 5.56 Å². The summed E-state index contributed by atoms with van der Waals surface area (Å²) in [6.07, 6.45) is 4.16. The molecule has 0 aliphatic carbocycles. The van der Waals surface area contributed by atoms with Crippen molar-refractivity contribution in [3.05, 3.63) is 32.2 Å². The van der Waals surface area contributed by atoms with Crippen LogP contribution in [-0.2, 0) is 0 Å². The average molecular weight is 206 g/mol. The zero-order chi connectivity index (χ0) is 10.8. The molecule has 0 bridgehead atoms. The van der Waals surface area contributed by atoms with Gasteiger partial charge in [0.15, 0.2) is 5.82 Å². The standard InChI is InChI=1S/C8H6N4O3/c13-6-4(3-5-9-1-2-10-5)7(14)12-8(15)11-6/h1-3H,(H3,11,12,13,14,15). The Morgan fingerprint density at radius 3 is 2.47 bits per heavy atom. The van der Waals surface area contributed by atoms with E-state index in [9.17, 15) is 14.7 Å². The van der Waals surface area contributed by atoms with Crippen molar-refractivity contribution in [3.63, 3.8) is 0 Å². The van der Waals surface area contributed by atoms with Gasteiger partial charge in [0, 0.05) is 18.5 Å². The zero-order valence-corrected chi connectivity index (χ0v) is 7.39. The van der Waals surface area contributed by atoms with E-state index in [-0.39, 0.29) is 11.4 Å². The molecule has 76 valence electrons. The molecule has 1 aromatic rings. The zero-order valence-electron chi connectivity index (χ0n) is 7.39. The van der Waals surface area contributed by atoms with Crippen LogP contribution in [0.3, 0.4) is 0 Å². The molecule has 0 atom stereocenters. The first kappa shape index (κ1) is 9.13. The Morgan fingerprint density at radius 1 is 1.20 bits per heavy atom. The van der Waals surface area contributed by atoms with Gasteiger partial charge < -0.3 is 5.11 Å². The Balaban J connectivity index is 2.59. The maximum Gasteiger partial charge on any atom is 0.328 e. The molecule has 3 N–H and O–H groups in total. The van der Waals surface area contributed by atoms with Crippen molar-refractivity contribution < 1.29 is 5.11 Å². The first-order chi connectivity index (χ1) is 7.16. The lowest BCUT2D eigenvalue weighted by atomic mass is 10.3. The third kappa shape index (κ3) is 1.75. The number of rotatable bonds is 1. The van der Waals surface area contributed by atoms with Gasteiger partial charge in [-0.2, -0.15) is 0 Å². The molecule has 1 aliphatic heterocycles. The number of nitrogens with one attached hydrogen (secondary N) is 2. The fraction of sp³-hybridized carbons (Fsp3) is 0. The van der Waals surface area contributed by atoms with Crippen LogP contribution >= 0.6 is 0 Å². The largest absolute Gasteiger partial charge is 0.494 e. The normalized spacial score (nSPS) is 13.5. The topological polar surface area (TPSA) is 111 Å². The number of aliphatic imine (C=N–C) groups is 2. The van der Waals surface area contributed by atoms with Crippen molar-refractivity contribution >= 4 is 18.5 Å². The number of nitrogens with zero attached hydrogens (tertiary/aromatic N) is 2. The van der Waals surface area contributed by atoms with Gasteiger partial charge in [-0.25, -0.2) is 14.8 Å². The molecule has 0 aromatic carbocycles. The molecule has 0 saturated heterocycles. The minimum Gasteiger partial charge on any atom is -0.494 e. The van der Waals surface area contributed by atoms with Crippen molar-refractivity contribution in [1.82, 2.24) is 9.97 Å². The molecule has 0 spiro atoms. The van der Waals surface area contributed by atoms with Crippen LogP contribution in [0, 0.1) is 0 Å². The second kappa shape index (κ2) is 3.37. The highest BCUT2D eigenvalue weighted by atomic mass is 16.3. The van der Waals surface area contributed by atoms with Crippen LogP contribution in [-0.4, -0.2) is 27.5 Å². The van der Waals surface area contributed by atoms with Crippen LogP contribution in [0.5, 0.6) is 5.88 Å². The minimum atomic E-state index is -0.766. The maximum absolute atomic E-state index is 11.3. The molecule has 0 fully saturated rings. The summed E-state index contributed by atoms with van der Waals surface area (Å²) >= 11 is 0. The molecule has 1 aliphatic rings. The molecule has 7 nitrogen and oxygen atoms in total. The lowest BCUT2D eigenvalue weighted by Gasteiger charge is -1.96. The van der Waals surface area contributed by atoms with Crippen LogP contribution in [0.2, 0.25) is 0 Å². The van der Waals surface area contributed by atoms with Gasteiger partial charge in [-0.05, 0) is 0 Å². The highest BCUT2D eigenvalue weighted by Gasteiger charge is 2.07. The van der Waals surface area contributed by atoms with E-state index in [1.807, 2.05) is 9.97 Å². The van der Waals surface area contributed by atoms with Gasteiger partial charge in [0.2, 0.25) is 5.88 Å². The summed E-state index contributed by atoms with van der Waals surface area (Å²) in [4.78, 5) is 33.6. The monoisotopic (exact) mass is 206 g/mol. The summed E-state index contributed by atoms with van der Waals surface area (Å²) in [7, 11) is 0. The summed E-state index contributed by atoms with van der Waals surface area (Å²) in [5.74, 6) is -0.226. The lowest BCUT2D eigenvalue weighted by molar-refractivity contribution is 0.447.